The van der Waals surface area contributed by atoms with Crippen molar-refractivity contribution in [3.8, 4) is 0 Å². The van der Waals surface area contributed by atoms with Crippen molar-refractivity contribution in [3.05, 3.63) is 65.2 Å². The van der Waals surface area contributed by atoms with Gasteiger partial charge in [0.15, 0.2) is 11.6 Å². The second-order valence-electron chi connectivity index (χ2n) is 8.31. The van der Waals surface area contributed by atoms with Crippen LogP contribution in [0, 0.1) is 17.6 Å². The van der Waals surface area contributed by atoms with E-state index in [1.54, 1.807) is 19.1 Å². The predicted molar refractivity (Wildman–Crippen MR) is 115 cm³/mol. The molecule has 1 atom stereocenters. The van der Waals surface area contributed by atoms with Gasteiger partial charge in [-0.2, -0.15) is 4.31 Å². The molecule has 1 unspecified atom stereocenters. The third-order valence-corrected chi connectivity index (χ3v) is 7.72. The Hall–Kier alpha value is -2.32. The summed E-state index contributed by atoms with van der Waals surface area (Å²) in [5.74, 6) is -2.12. The molecule has 5 nitrogen and oxygen atoms in total. The van der Waals surface area contributed by atoms with E-state index in [0.717, 1.165) is 17.7 Å². The average Bonchev–Trinajstić information content (AvgIpc) is 2.75. The first-order valence-corrected chi connectivity index (χ1v) is 11.9. The maximum absolute atomic E-state index is 13.4. The lowest BCUT2D eigenvalue weighted by Crippen LogP contribution is -2.43. The quantitative estimate of drug-likeness (QED) is 0.711. The standard InChI is InChI=1S/C23H28F2N2O3S/c1-15(2)17-4-7-20(8-5-17)31(29,30)27-12-10-18(11-13-27)23(28)26-16(3)19-6-9-21(24)22(25)14-19/h4-9,14-16,18H,10-13H2,1-3H3,(H,26,28). The van der Waals surface area contributed by atoms with Crippen molar-refractivity contribution < 1.29 is 22.0 Å². The van der Waals surface area contributed by atoms with Gasteiger partial charge in [-0.25, -0.2) is 17.2 Å². The summed E-state index contributed by atoms with van der Waals surface area (Å²) in [4.78, 5) is 12.9. The van der Waals surface area contributed by atoms with Gasteiger partial charge < -0.3 is 5.32 Å². The molecule has 0 aliphatic carbocycles. The molecule has 1 N–H and O–H groups in total. The minimum absolute atomic E-state index is 0.212. The lowest BCUT2D eigenvalue weighted by Gasteiger charge is -2.31. The van der Waals surface area contributed by atoms with Gasteiger partial charge in [-0.1, -0.05) is 32.0 Å². The molecular weight excluding hydrogens is 422 g/mol. The second-order valence-corrected chi connectivity index (χ2v) is 10.2. The van der Waals surface area contributed by atoms with E-state index in [-0.39, 0.29) is 29.8 Å². The van der Waals surface area contributed by atoms with Gasteiger partial charge >= 0.3 is 0 Å². The van der Waals surface area contributed by atoms with E-state index < -0.39 is 27.7 Å². The molecule has 2 aromatic carbocycles. The van der Waals surface area contributed by atoms with Crippen LogP contribution in [0.3, 0.4) is 0 Å². The molecule has 168 valence electrons. The van der Waals surface area contributed by atoms with Crippen molar-refractivity contribution >= 4 is 15.9 Å². The molecule has 1 heterocycles. The molecule has 0 aromatic heterocycles. The van der Waals surface area contributed by atoms with Crippen LogP contribution >= 0.6 is 0 Å². The van der Waals surface area contributed by atoms with E-state index in [1.807, 2.05) is 26.0 Å². The highest BCUT2D eigenvalue weighted by Gasteiger charge is 2.32. The van der Waals surface area contributed by atoms with Crippen molar-refractivity contribution in [3.63, 3.8) is 0 Å². The minimum Gasteiger partial charge on any atom is -0.349 e. The molecule has 0 radical (unpaired) electrons. The first-order valence-electron chi connectivity index (χ1n) is 10.4. The van der Waals surface area contributed by atoms with Gasteiger partial charge in [-0.05, 0) is 61.1 Å². The summed E-state index contributed by atoms with van der Waals surface area (Å²) in [6.45, 7) is 6.31. The maximum Gasteiger partial charge on any atom is 0.243 e. The Kier molecular flexibility index (Phi) is 7.11. The number of hydrogen-bond acceptors (Lipinski definition) is 3. The Morgan fingerprint density at radius 2 is 1.55 bits per heavy atom. The van der Waals surface area contributed by atoms with Crippen LogP contribution in [0.5, 0.6) is 0 Å². The highest BCUT2D eigenvalue weighted by molar-refractivity contribution is 7.89. The molecule has 2 aromatic rings. The zero-order chi connectivity index (χ0) is 22.8. The molecule has 31 heavy (non-hydrogen) atoms. The Morgan fingerprint density at radius 1 is 0.968 bits per heavy atom. The highest BCUT2D eigenvalue weighted by atomic mass is 32.2. The van der Waals surface area contributed by atoms with Crippen molar-refractivity contribution in [1.29, 1.82) is 0 Å². The number of sulfonamides is 1. The SMILES string of the molecule is CC(C)c1ccc(S(=O)(=O)N2CCC(C(=O)NC(C)c3ccc(F)c(F)c3)CC2)cc1. The fraction of sp³-hybridized carbons (Fsp3) is 0.435. The van der Waals surface area contributed by atoms with E-state index in [2.05, 4.69) is 5.32 Å². The van der Waals surface area contributed by atoms with Crippen LogP contribution in [0.4, 0.5) is 8.78 Å². The van der Waals surface area contributed by atoms with Gasteiger partial charge in [0.25, 0.3) is 0 Å². The number of nitrogens with zero attached hydrogens (tertiary/aromatic N) is 1. The Bertz CT molecular complexity index is 1030. The topological polar surface area (TPSA) is 66.5 Å². The van der Waals surface area contributed by atoms with Crippen LogP contribution in [0.2, 0.25) is 0 Å². The summed E-state index contributed by atoms with van der Waals surface area (Å²) in [6, 6.07) is 9.98. The monoisotopic (exact) mass is 450 g/mol. The number of nitrogens with one attached hydrogen (secondary N) is 1. The van der Waals surface area contributed by atoms with Crippen molar-refractivity contribution in [2.75, 3.05) is 13.1 Å². The van der Waals surface area contributed by atoms with E-state index in [0.29, 0.717) is 24.3 Å². The Morgan fingerprint density at radius 3 is 2.10 bits per heavy atom. The van der Waals surface area contributed by atoms with Crippen LogP contribution < -0.4 is 5.32 Å². The summed E-state index contributed by atoms with van der Waals surface area (Å²) in [5, 5.41) is 2.82. The van der Waals surface area contributed by atoms with E-state index in [4.69, 9.17) is 0 Å². The number of amides is 1. The van der Waals surface area contributed by atoms with Gasteiger partial charge in [0.05, 0.1) is 10.9 Å². The number of benzene rings is 2. The van der Waals surface area contributed by atoms with Crippen LogP contribution in [0.1, 0.15) is 56.7 Å². The molecule has 1 saturated heterocycles. The van der Waals surface area contributed by atoms with E-state index in [9.17, 15) is 22.0 Å². The normalized spacial score (nSPS) is 17.0. The molecule has 3 rings (SSSR count). The second kappa shape index (κ2) is 9.44. The summed E-state index contributed by atoms with van der Waals surface area (Å²) in [7, 11) is -3.60. The largest absolute Gasteiger partial charge is 0.349 e. The van der Waals surface area contributed by atoms with E-state index in [1.165, 1.54) is 10.4 Å². The molecule has 1 aliphatic heterocycles. The van der Waals surface area contributed by atoms with Crippen LogP contribution in [-0.2, 0) is 14.8 Å². The van der Waals surface area contributed by atoms with Crippen LogP contribution in [0.25, 0.3) is 0 Å². The number of halogens is 2. The molecule has 0 saturated carbocycles. The summed E-state index contributed by atoms with van der Waals surface area (Å²) < 4.78 is 53.8. The van der Waals surface area contributed by atoms with Gasteiger partial charge in [0.2, 0.25) is 15.9 Å². The van der Waals surface area contributed by atoms with Crippen molar-refractivity contribution in [1.82, 2.24) is 9.62 Å². The maximum atomic E-state index is 13.4. The fourth-order valence-electron chi connectivity index (χ4n) is 3.73. The lowest BCUT2D eigenvalue weighted by molar-refractivity contribution is -0.126. The smallest absolute Gasteiger partial charge is 0.243 e. The van der Waals surface area contributed by atoms with Gasteiger partial charge in [0.1, 0.15) is 0 Å². The molecule has 8 heteroatoms. The van der Waals surface area contributed by atoms with Gasteiger partial charge in [-0.15, -0.1) is 0 Å². The molecule has 1 fully saturated rings. The van der Waals surface area contributed by atoms with Crippen LogP contribution in [0.15, 0.2) is 47.4 Å². The average molecular weight is 451 g/mol. The number of piperidine rings is 1. The number of hydrogen-bond donors (Lipinski definition) is 1. The highest BCUT2D eigenvalue weighted by Crippen LogP contribution is 2.26. The molecule has 0 bridgehead atoms. The summed E-state index contributed by atoms with van der Waals surface area (Å²) >= 11 is 0. The molecule has 0 spiro atoms. The van der Waals surface area contributed by atoms with Crippen LogP contribution in [-0.4, -0.2) is 31.7 Å². The number of carbonyl (C=O) groups excluding carboxylic acids is 1. The zero-order valence-corrected chi connectivity index (χ0v) is 18.8. The van der Waals surface area contributed by atoms with Gasteiger partial charge in [-0.3, -0.25) is 4.79 Å². The summed E-state index contributed by atoms with van der Waals surface area (Å²) in [6.07, 6.45) is 0.805. The third kappa shape index (κ3) is 5.30. The Balaban J connectivity index is 1.59. The minimum atomic E-state index is -3.60. The molecule has 1 aliphatic rings. The Labute approximate surface area is 182 Å². The third-order valence-electron chi connectivity index (χ3n) is 5.81. The van der Waals surface area contributed by atoms with Crippen molar-refractivity contribution in [2.45, 2.75) is 50.5 Å². The number of carbonyl (C=O) groups is 1. The first kappa shape index (κ1) is 23.3. The first-order chi connectivity index (χ1) is 14.6. The fourth-order valence-corrected chi connectivity index (χ4v) is 5.20. The molecule has 1 amide bonds. The van der Waals surface area contributed by atoms with Gasteiger partial charge in [0, 0.05) is 19.0 Å². The predicted octanol–water partition coefficient (Wildman–Crippen LogP) is 4.37. The summed E-state index contributed by atoms with van der Waals surface area (Å²) in [5.41, 5.74) is 1.54. The van der Waals surface area contributed by atoms with Crippen molar-refractivity contribution in [2.24, 2.45) is 5.92 Å². The van der Waals surface area contributed by atoms with E-state index >= 15 is 0 Å². The zero-order valence-electron chi connectivity index (χ0n) is 17.9. The molecular formula is C23H28F2N2O3S. The lowest BCUT2D eigenvalue weighted by atomic mass is 9.96. The number of rotatable bonds is 6.